The van der Waals surface area contributed by atoms with Crippen molar-refractivity contribution in [2.45, 2.75) is 32.2 Å². The summed E-state index contributed by atoms with van der Waals surface area (Å²) in [6.07, 6.45) is 3.28. The monoisotopic (exact) mass is 251 g/mol. The summed E-state index contributed by atoms with van der Waals surface area (Å²) in [5.41, 5.74) is 1.31. The fraction of sp³-hybridized carbons (Fsp3) is 0.600. The van der Waals surface area contributed by atoms with E-state index < -0.39 is 0 Å². The Bertz CT molecular complexity index is 328. The SMILES string of the molecule is CCCNC(CCc1cccc(OC)c1)COC. The summed E-state index contributed by atoms with van der Waals surface area (Å²) in [6, 6.07) is 8.70. The maximum atomic E-state index is 5.25. The second-order valence-electron chi connectivity index (χ2n) is 4.50. The summed E-state index contributed by atoms with van der Waals surface area (Å²) >= 11 is 0. The highest BCUT2D eigenvalue weighted by Gasteiger charge is 2.07. The molecule has 0 amide bonds. The van der Waals surface area contributed by atoms with Crippen molar-refractivity contribution in [2.75, 3.05) is 27.4 Å². The predicted molar refractivity (Wildman–Crippen MR) is 75.3 cm³/mol. The minimum absolute atomic E-state index is 0.432. The first-order valence-corrected chi connectivity index (χ1v) is 6.65. The second-order valence-corrected chi connectivity index (χ2v) is 4.50. The first kappa shape index (κ1) is 15.0. The minimum Gasteiger partial charge on any atom is -0.497 e. The van der Waals surface area contributed by atoms with Crippen LogP contribution in [-0.4, -0.2) is 33.4 Å². The topological polar surface area (TPSA) is 30.5 Å². The zero-order chi connectivity index (χ0) is 13.2. The Labute approximate surface area is 110 Å². The quantitative estimate of drug-likeness (QED) is 0.732. The zero-order valence-corrected chi connectivity index (χ0v) is 11.7. The number of aryl methyl sites for hydroxylation is 1. The van der Waals surface area contributed by atoms with Crippen molar-refractivity contribution >= 4 is 0 Å². The van der Waals surface area contributed by atoms with Gasteiger partial charge in [0.2, 0.25) is 0 Å². The molecule has 1 aromatic rings. The van der Waals surface area contributed by atoms with Gasteiger partial charge in [0.1, 0.15) is 5.75 Å². The van der Waals surface area contributed by atoms with Crippen molar-refractivity contribution in [3.8, 4) is 5.75 Å². The molecule has 0 fully saturated rings. The largest absolute Gasteiger partial charge is 0.497 e. The number of benzene rings is 1. The van der Waals surface area contributed by atoms with E-state index in [4.69, 9.17) is 9.47 Å². The summed E-state index contributed by atoms with van der Waals surface area (Å²) in [7, 11) is 3.46. The van der Waals surface area contributed by atoms with E-state index in [-0.39, 0.29) is 0 Å². The molecule has 0 saturated heterocycles. The van der Waals surface area contributed by atoms with Crippen molar-refractivity contribution in [3.63, 3.8) is 0 Å². The normalized spacial score (nSPS) is 12.4. The van der Waals surface area contributed by atoms with Crippen molar-refractivity contribution in [1.82, 2.24) is 5.32 Å². The average molecular weight is 251 g/mol. The first-order valence-electron chi connectivity index (χ1n) is 6.65. The molecule has 0 bridgehead atoms. The predicted octanol–water partition coefficient (Wildman–Crippen LogP) is 2.64. The minimum atomic E-state index is 0.432. The van der Waals surface area contributed by atoms with Gasteiger partial charge in [0, 0.05) is 13.2 Å². The van der Waals surface area contributed by atoms with E-state index in [1.165, 1.54) is 5.56 Å². The zero-order valence-electron chi connectivity index (χ0n) is 11.7. The molecule has 1 N–H and O–H groups in total. The van der Waals surface area contributed by atoms with Gasteiger partial charge in [0.25, 0.3) is 0 Å². The molecule has 0 saturated carbocycles. The fourth-order valence-corrected chi connectivity index (χ4v) is 1.96. The molecule has 18 heavy (non-hydrogen) atoms. The molecule has 3 nitrogen and oxygen atoms in total. The average Bonchev–Trinajstić information content (AvgIpc) is 2.42. The van der Waals surface area contributed by atoms with Crippen LogP contribution < -0.4 is 10.1 Å². The standard InChI is InChI=1S/C15H25NO2/c1-4-10-16-14(12-17-2)9-8-13-6-5-7-15(11-13)18-3/h5-7,11,14,16H,4,8-10,12H2,1-3H3. The maximum absolute atomic E-state index is 5.25. The Morgan fingerprint density at radius 3 is 2.78 bits per heavy atom. The van der Waals surface area contributed by atoms with Gasteiger partial charge in [-0.3, -0.25) is 0 Å². The van der Waals surface area contributed by atoms with Crippen LogP contribution in [0.3, 0.4) is 0 Å². The Morgan fingerprint density at radius 2 is 2.11 bits per heavy atom. The Balaban J connectivity index is 2.44. The Hall–Kier alpha value is -1.06. The lowest BCUT2D eigenvalue weighted by Crippen LogP contribution is -2.34. The molecule has 0 aliphatic heterocycles. The van der Waals surface area contributed by atoms with Gasteiger partial charge in [-0.2, -0.15) is 0 Å². The lowest BCUT2D eigenvalue weighted by Gasteiger charge is -2.17. The van der Waals surface area contributed by atoms with Crippen LogP contribution in [-0.2, 0) is 11.2 Å². The van der Waals surface area contributed by atoms with E-state index in [9.17, 15) is 0 Å². The van der Waals surface area contributed by atoms with Crippen LogP contribution >= 0.6 is 0 Å². The lowest BCUT2D eigenvalue weighted by molar-refractivity contribution is 0.162. The van der Waals surface area contributed by atoms with E-state index in [2.05, 4.69) is 24.4 Å². The molecular weight excluding hydrogens is 226 g/mol. The van der Waals surface area contributed by atoms with E-state index in [0.29, 0.717) is 6.04 Å². The molecule has 1 atom stereocenters. The molecule has 3 heteroatoms. The number of rotatable bonds is 9. The van der Waals surface area contributed by atoms with Crippen LogP contribution in [0.4, 0.5) is 0 Å². The van der Waals surface area contributed by atoms with Gasteiger partial charge in [-0.05, 0) is 43.5 Å². The summed E-state index contributed by atoms with van der Waals surface area (Å²) in [5, 5.41) is 3.51. The van der Waals surface area contributed by atoms with E-state index >= 15 is 0 Å². The Kier molecular flexibility index (Phi) is 7.46. The number of hydrogen-bond donors (Lipinski definition) is 1. The summed E-state index contributed by atoms with van der Waals surface area (Å²) < 4.78 is 10.5. The molecular formula is C15H25NO2. The van der Waals surface area contributed by atoms with Gasteiger partial charge in [-0.15, -0.1) is 0 Å². The van der Waals surface area contributed by atoms with E-state index in [1.807, 2.05) is 12.1 Å². The molecule has 1 aromatic carbocycles. The van der Waals surface area contributed by atoms with Crippen molar-refractivity contribution in [1.29, 1.82) is 0 Å². The molecule has 0 heterocycles. The first-order chi connectivity index (χ1) is 8.80. The van der Waals surface area contributed by atoms with E-state index in [0.717, 1.165) is 38.2 Å². The summed E-state index contributed by atoms with van der Waals surface area (Å²) in [4.78, 5) is 0. The van der Waals surface area contributed by atoms with Crippen molar-refractivity contribution in [3.05, 3.63) is 29.8 Å². The van der Waals surface area contributed by atoms with Gasteiger partial charge >= 0.3 is 0 Å². The van der Waals surface area contributed by atoms with Gasteiger partial charge in [0.05, 0.1) is 13.7 Å². The van der Waals surface area contributed by atoms with Gasteiger partial charge in [0.15, 0.2) is 0 Å². The molecule has 0 aromatic heterocycles. The molecule has 102 valence electrons. The third kappa shape index (κ3) is 5.52. The molecule has 0 aliphatic carbocycles. The number of nitrogens with one attached hydrogen (secondary N) is 1. The third-order valence-corrected chi connectivity index (χ3v) is 2.97. The maximum Gasteiger partial charge on any atom is 0.119 e. The summed E-state index contributed by atoms with van der Waals surface area (Å²) in [5.74, 6) is 0.928. The smallest absolute Gasteiger partial charge is 0.119 e. The number of ether oxygens (including phenoxy) is 2. The Morgan fingerprint density at radius 1 is 1.28 bits per heavy atom. The highest BCUT2D eigenvalue weighted by Crippen LogP contribution is 2.14. The highest BCUT2D eigenvalue weighted by atomic mass is 16.5. The van der Waals surface area contributed by atoms with Crippen molar-refractivity contribution < 1.29 is 9.47 Å². The highest BCUT2D eigenvalue weighted by molar-refractivity contribution is 5.28. The van der Waals surface area contributed by atoms with Crippen LogP contribution in [0.25, 0.3) is 0 Å². The van der Waals surface area contributed by atoms with E-state index in [1.54, 1.807) is 14.2 Å². The van der Waals surface area contributed by atoms with Crippen molar-refractivity contribution in [2.24, 2.45) is 0 Å². The molecule has 0 spiro atoms. The van der Waals surface area contributed by atoms with Crippen LogP contribution in [0, 0.1) is 0 Å². The fourth-order valence-electron chi connectivity index (χ4n) is 1.96. The van der Waals surface area contributed by atoms with Gasteiger partial charge in [-0.25, -0.2) is 0 Å². The third-order valence-electron chi connectivity index (χ3n) is 2.97. The molecule has 0 radical (unpaired) electrons. The summed E-state index contributed by atoms with van der Waals surface area (Å²) in [6.45, 7) is 4.00. The number of methoxy groups -OCH3 is 2. The second kappa shape index (κ2) is 8.95. The van der Waals surface area contributed by atoms with Crippen LogP contribution in [0.2, 0.25) is 0 Å². The molecule has 1 rings (SSSR count). The van der Waals surface area contributed by atoms with Gasteiger partial charge in [-0.1, -0.05) is 19.1 Å². The lowest BCUT2D eigenvalue weighted by atomic mass is 10.1. The molecule has 1 unspecified atom stereocenters. The van der Waals surface area contributed by atoms with Crippen LogP contribution in [0.1, 0.15) is 25.3 Å². The van der Waals surface area contributed by atoms with Crippen LogP contribution in [0.5, 0.6) is 5.75 Å². The van der Waals surface area contributed by atoms with Gasteiger partial charge < -0.3 is 14.8 Å². The van der Waals surface area contributed by atoms with Crippen LogP contribution in [0.15, 0.2) is 24.3 Å². The number of hydrogen-bond acceptors (Lipinski definition) is 3. The molecule has 0 aliphatic rings.